The lowest BCUT2D eigenvalue weighted by Crippen LogP contribution is -2.48. The van der Waals surface area contributed by atoms with Crippen molar-refractivity contribution in [2.75, 3.05) is 18.4 Å². The van der Waals surface area contributed by atoms with Gasteiger partial charge in [-0.3, -0.25) is 4.79 Å². The Morgan fingerprint density at radius 2 is 1.75 bits per heavy atom. The third-order valence-corrected chi connectivity index (χ3v) is 6.61. The van der Waals surface area contributed by atoms with Gasteiger partial charge in [0.1, 0.15) is 10.7 Å². The van der Waals surface area contributed by atoms with Crippen molar-refractivity contribution in [3.05, 3.63) is 58.9 Å². The summed E-state index contributed by atoms with van der Waals surface area (Å²) in [5.41, 5.74) is 0.517. The average molecular weight is 427 g/mol. The Hall–Kier alpha value is -2.00. The summed E-state index contributed by atoms with van der Waals surface area (Å²) >= 11 is 6.14. The van der Waals surface area contributed by atoms with Crippen LogP contribution in [0, 0.1) is 5.82 Å². The lowest BCUT2D eigenvalue weighted by atomic mass is 10.2. The highest BCUT2D eigenvalue weighted by atomic mass is 35.5. The van der Waals surface area contributed by atoms with E-state index in [4.69, 9.17) is 16.3 Å². The van der Waals surface area contributed by atoms with Crippen molar-refractivity contribution in [1.82, 2.24) is 4.31 Å². The smallest absolute Gasteiger partial charge is 0.255 e. The highest BCUT2D eigenvalue weighted by Gasteiger charge is 2.33. The fourth-order valence-corrected chi connectivity index (χ4v) is 5.14. The number of amides is 1. The summed E-state index contributed by atoms with van der Waals surface area (Å²) in [6.07, 6.45) is -0.496. The van der Waals surface area contributed by atoms with Gasteiger partial charge in [-0.25, -0.2) is 12.8 Å². The fourth-order valence-electron chi connectivity index (χ4n) is 3.04. The van der Waals surface area contributed by atoms with E-state index in [1.807, 2.05) is 0 Å². The second-order valence-corrected chi connectivity index (χ2v) is 9.00. The topological polar surface area (TPSA) is 75.7 Å². The summed E-state index contributed by atoms with van der Waals surface area (Å²) in [5, 5.41) is 2.63. The van der Waals surface area contributed by atoms with Gasteiger partial charge in [-0.2, -0.15) is 4.31 Å². The van der Waals surface area contributed by atoms with Crippen molar-refractivity contribution in [2.24, 2.45) is 0 Å². The number of nitrogens with zero attached hydrogens (tertiary/aromatic N) is 1. The number of benzene rings is 2. The number of carbonyl (C=O) groups is 1. The van der Waals surface area contributed by atoms with Crippen LogP contribution in [0.15, 0.2) is 47.4 Å². The van der Waals surface area contributed by atoms with Crippen LogP contribution in [0.3, 0.4) is 0 Å². The highest BCUT2D eigenvalue weighted by molar-refractivity contribution is 7.89. The lowest BCUT2D eigenvalue weighted by Gasteiger charge is -2.34. The van der Waals surface area contributed by atoms with E-state index in [2.05, 4.69) is 5.32 Å². The van der Waals surface area contributed by atoms with E-state index in [9.17, 15) is 17.6 Å². The first-order valence-corrected chi connectivity index (χ1v) is 10.5. The first-order valence-electron chi connectivity index (χ1n) is 8.69. The molecule has 0 spiro atoms. The Morgan fingerprint density at radius 1 is 1.14 bits per heavy atom. The zero-order valence-electron chi connectivity index (χ0n) is 15.4. The Morgan fingerprint density at radius 3 is 2.36 bits per heavy atom. The maximum atomic E-state index is 13.1. The Balaban J connectivity index is 1.88. The van der Waals surface area contributed by atoms with E-state index >= 15 is 0 Å². The minimum atomic E-state index is -3.90. The molecular formula is C19H20ClFN2O4S. The van der Waals surface area contributed by atoms with Crippen LogP contribution >= 0.6 is 11.6 Å². The fraction of sp³-hybridized carbons (Fsp3) is 0.316. The number of rotatable bonds is 4. The molecule has 150 valence electrons. The highest BCUT2D eigenvalue weighted by Crippen LogP contribution is 2.28. The number of anilines is 1. The maximum Gasteiger partial charge on any atom is 0.255 e. The van der Waals surface area contributed by atoms with Gasteiger partial charge in [0, 0.05) is 24.3 Å². The normalized spacial score (nSPS) is 20.7. The van der Waals surface area contributed by atoms with Gasteiger partial charge in [-0.1, -0.05) is 11.6 Å². The van der Waals surface area contributed by atoms with Gasteiger partial charge < -0.3 is 10.1 Å². The molecule has 1 fully saturated rings. The molecule has 1 N–H and O–H groups in total. The van der Waals surface area contributed by atoms with Crippen LogP contribution in [-0.2, 0) is 14.8 Å². The van der Waals surface area contributed by atoms with Crippen LogP contribution < -0.4 is 5.32 Å². The van der Waals surface area contributed by atoms with E-state index in [0.717, 1.165) is 0 Å². The van der Waals surface area contributed by atoms with Crippen molar-refractivity contribution >= 4 is 33.2 Å². The largest absolute Gasteiger partial charge is 0.373 e. The van der Waals surface area contributed by atoms with Crippen molar-refractivity contribution in [3.63, 3.8) is 0 Å². The molecule has 1 amide bonds. The molecule has 1 heterocycles. The Kier molecular flexibility index (Phi) is 6.04. The maximum absolute atomic E-state index is 13.1. The minimum absolute atomic E-state index is 0.0325. The van der Waals surface area contributed by atoms with Gasteiger partial charge >= 0.3 is 0 Å². The Bertz CT molecular complexity index is 972. The van der Waals surface area contributed by atoms with Gasteiger partial charge in [-0.05, 0) is 56.3 Å². The molecule has 2 atom stereocenters. The summed E-state index contributed by atoms with van der Waals surface area (Å²) in [6.45, 7) is 4.00. The molecule has 1 aliphatic heterocycles. The zero-order valence-corrected chi connectivity index (χ0v) is 16.9. The van der Waals surface area contributed by atoms with Gasteiger partial charge in [0.2, 0.25) is 10.0 Å². The standard InChI is InChI=1S/C19H20ClFN2O4S/c1-12-10-23(11-13(2)27-12)28(25,26)18-9-14(3-8-17(18)20)19(24)22-16-6-4-15(21)5-7-16/h3-9,12-13H,10-11H2,1-2H3,(H,22,24)/t12-,13-/m0/s1. The van der Waals surface area contributed by atoms with Crippen molar-refractivity contribution in [3.8, 4) is 0 Å². The molecule has 0 bridgehead atoms. The summed E-state index contributed by atoms with van der Waals surface area (Å²) in [4.78, 5) is 12.4. The quantitative estimate of drug-likeness (QED) is 0.811. The van der Waals surface area contributed by atoms with Crippen molar-refractivity contribution < 1.29 is 22.3 Å². The summed E-state index contributed by atoms with van der Waals surface area (Å²) < 4.78 is 46.1. The van der Waals surface area contributed by atoms with Crippen LogP contribution in [0.25, 0.3) is 0 Å². The number of hydrogen-bond acceptors (Lipinski definition) is 4. The molecule has 1 aliphatic rings. The number of morpholine rings is 1. The number of sulfonamides is 1. The molecule has 3 rings (SSSR count). The number of ether oxygens (including phenoxy) is 1. The molecule has 1 saturated heterocycles. The second kappa shape index (κ2) is 8.16. The SMILES string of the molecule is C[C@H]1CN(S(=O)(=O)c2cc(C(=O)Nc3ccc(F)cc3)ccc2Cl)C[C@H](C)O1. The lowest BCUT2D eigenvalue weighted by molar-refractivity contribution is -0.0440. The van der Waals surface area contributed by atoms with Gasteiger partial charge in [0.15, 0.2) is 0 Å². The molecular weight excluding hydrogens is 407 g/mol. The van der Waals surface area contributed by atoms with Crippen molar-refractivity contribution in [2.45, 2.75) is 31.0 Å². The van der Waals surface area contributed by atoms with E-state index < -0.39 is 21.7 Å². The summed E-state index contributed by atoms with van der Waals surface area (Å²) in [6, 6.07) is 9.32. The molecule has 2 aromatic rings. The van der Waals surface area contributed by atoms with Crippen LogP contribution in [-0.4, -0.2) is 43.9 Å². The molecule has 0 unspecified atom stereocenters. The van der Waals surface area contributed by atoms with Crippen LogP contribution in [0.2, 0.25) is 5.02 Å². The number of hydrogen-bond donors (Lipinski definition) is 1. The first kappa shape index (κ1) is 20.7. The van der Waals surface area contributed by atoms with Crippen LogP contribution in [0.5, 0.6) is 0 Å². The monoisotopic (exact) mass is 426 g/mol. The third-order valence-electron chi connectivity index (χ3n) is 4.30. The second-order valence-electron chi connectivity index (χ2n) is 6.69. The number of carbonyl (C=O) groups excluding carboxylic acids is 1. The molecule has 6 nitrogen and oxygen atoms in total. The van der Waals surface area contributed by atoms with Gasteiger partial charge in [0.05, 0.1) is 17.2 Å². The predicted molar refractivity (Wildman–Crippen MR) is 105 cm³/mol. The number of nitrogens with one attached hydrogen (secondary N) is 1. The predicted octanol–water partition coefficient (Wildman–Crippen LogP) is 3.53. The molecule has 28 heavy (non-hydrogen) atoms. The van der Waals surface area contributed by atoms with Crippen molar-refractivity contribution in [1.29, 1.82) is 0 Å². The van der Waals surface area contributed by atoms with E-state index in [-0.39, 0.29) is 40.8 Å². The third kappa shape index (κ3) is 4.52. The minimum Gasteiger partial charge on any atom is -0.373 e. The first-order chi connectivity index (χ1) is 13.2. The summed E-state index contributed by atoms with van der Waals surface area (Å²) in [7, 11) is -3.90. The average Bonchev–Trinajstić information content (AvgIpc) is 2.63. The van der Waals surface area contributed by atoms with E-state index in [1.54, 1.807) is 13.8 Å². The summed E-state index contributed by atoms with van der Waals surface area (Å²) in [5.74, 6) is -0.949. The molecule has 0 aliphatic carbocycles. The molecule has 0 radical (unpaired) electrons. The van der Waals surface area contributed by atoms with Crippen LogP contribution in [0.1, 0.15) is 24.2 Å². The molecule has 9 heteroatoms. The Labute approximate surface area is 168 Å². The van der Waals surface area contributed by atoms with E-state index in [1.165, 1.54) is 46.8 Å². The zero-order chi connectivity index (χ0) is 20.5. The van der Waals surface area contributed by atoms with Gasteiger partial charge in [-0.15, -0.1) is 0 Å². The molecule has 0 saturated carbocycles. The molecule has 2 aromatic carbocycles. The molecule has 0 aromatic heterocycles. The van der Waals surface area contributed by atoms with E-state index in [0.29, 0.717) is 5.69 Å². The van der Waals surface area contributed by atoms with Gasteiger partial charge in [0.25, 0.3) is 5.91 Å². The van der Waals surface area contributed by atoms with Crippen LogP contribution in [0.4, 0.5) is 10.1 Å². The number of halogens is 2.